The van der Waals surface area contributed by atoms with Gasteiger partial charge in [0.05, 0.1) is 0 Å². The van der Waals surface area contributed by atoms with E-state index in [1.807, 2.05) is 36.4 Å². The molecule has 0 bridgehead atoms. The van der Waals surface area contributed by atoms with Crippen LogP contribution in [0.2, 0.25) is 0 Å². The highest BCUT2D eigenvalue weighted by atomic mass is 16.2. The van der Waals surface area contributed by atoms with E-state index in [-0.39, 0.29) is 22.9 Å². The van der Waals surface area contributed by atoms with Crippen molar-refractivity contribution in [2.24, 2.45) is 5.84 Å². The summed E-state index contributed by atoms with van der Waals surface area (Å²) in [6.07, 6.45) is 7.16. The molecule has 5 N–H and O–H groups in total. The maximum absolute atomic E-state index is 13.3. The Labute approximate surface area is 254 Å². The van der Waals surface area contributed by atoms with Crippen LogP contribution in [-0.4, -0.2) is 28.6 Å². The number of allylic oxidation sites excluding steroid dienone is 4. The number of benzene rings is 4. The van der Waals surface area contributed by atoms with Gasteiger partial charge in [-0.1, -0.05) is 60.7 Å². The monoisotopic (exact) mass is 583 g/mol. The molecule has 0 heterocycles. The minimum atomic E-state index is -0.524. The average molecular weight is 584 g/mol. The molecule has 44 heavy (non-hydrogen) atoms. The van der Waals surface area contributed by atoms with Crippen molar-refractivity contribution in [3.8, 4) is 0 Å². The van der Waals surface area contributed by atoms with E-state index in [0.29, 0.717) is 40.3 Å². The second kappa shape index (κ2) is 13.7. The van der Waals surface area contributed by atoms with Crippen molar-refractivity contribution >= 4 is 35.0 Å². The van der Waals surface area contributed by atoms with Crippen molar-refractivity contribution in [3.05, 3.63) is 167 Å². The fourth-order valence-corrected chi connectivity index (χ4v) is 4.41. The molecule has 218 valence electrons. The first-order valence-electron chi connectivity index (χ1n) is 13.8. The molecule has 1 aliphatic carbocycles. The zero-order valence-corrected chi connectivity index (χ0v) is 23.6. The molecule has 4 aromatic carbocycles. The Hall–Kier alpha value is -6.06. The maximum atomic E-state index is 13.3. The van der Waals surface area contributed by atoms with Crippen LogP contribution in [0, 0.1) is 0 Å². The van der Waals surface area contributed by atoms with Gasteiger partial charge in [-0.15, -0.1) is 0 Å². The van der Waals surface area contributed by atoms with Gasteiger partial charge in [-0.05, 0) is 72.8 Å². The summed E-state index contributed by atoms with van der Waals surface area (Å²) in [6, 6.07) is 30.7. The summed E-state index contributed by atoms with van der Waals surface area (Å²) < 4.78 is 0. The van der Waals surface area contributed by atoms with Crippen LogP contribution in [0.3, 0.4) is 0 Å². The molecule has 0 radical (unpaired) electrons. The normalized spacial score (nSPS) is 12.2. The lowest BCUT2D eigenvalue weighted by Crippen LogP contribution is -2.37. The zero-order chi connectivity index (χ0) is 30.9. The summed E-state index contributed by atoms with van der Waals surface area (Å²) >= 11 is 0. The van der Waals surface area contributed by atoms with Crippen LogP contribution in [0.15, 0.2) is 145 Å². The fraction of sp³-hybridized carbons (Fsp3) is 0.0286. The molecule has 9 nitrogen and oxygen atoms in total. The van der Waals surface area contributed by atoms with Gasteiger partial charge in [-0.2, -0.15) is 0 Å². The smallest absolute Gasteiger partial charge is 0.272 e. The molecule has 0 aliphatic heterocycles. The summed E-state index contributed by atoms with van der Waals surface area (Å²) in [5.74, 6) is 4.59. The van der Waals surface area contributed by atoms with Crippen molar-refractivity contribution < 1.29 is 19.2 Å². The summed E-state index contributed by atoms with van der Waals surface area (Å²) in [7, 11) is 0. The Bertz CT molecular complexity index is 1800. The Kier molecular flexibility index (Phi) is 9.19. The predicted octanol–water partition coefficient (Wildman–Crippen LogP) is 5.66. The first kappa shape index (κ1) is 29.4. The second-order valence-electron chi connectivity index (χ2n) is 9.82. The number of anilines is 2. The number of para-hydroxylation sites is 2. The number of amides is 4. The summed E-state index contributed by atoms with van der Waals surface area (Å²) in [5.41, 5.74) is 3.23. The summed E-state index contributed by atoms with van der Waals surface area (Å²) in [5, 5.41) is 9.42. The molecule has 0 saturated carbocycles. The fourth-order valence-electron chi connectivity index (χ4n) is 4.41. The number of nitrogens with zero attached hydrogens (tertiary/aromatic N) is 1. The van der Waals surface area contributed by atoms with Gasteiger partial charge in [0.1, 0.15) is 0 Å². The van der Waals surface area contributed by atoms with E-state index < -0.39 is 11.8 Å². The predicted molar refractivity (Wildman–Crippen MR) is 169 cm³/mol. The zero-order valence-electron chi connectivity index (χ0n) is 23.6. The molecule has 0 unspecified atom stereocenters. The van der Waals surface area contributed by atoms with Gasteiger partial charge in [0.15, 0.2) is 0 Å². The molecule has 4 aromatic rings. The van der Waals surface area contributed by atoms with E-state index in [1.54, 1.807) is 85.0 Å². The van der Waals surface area contributed by atoms with Crippen LogP contribution >= 0.6 is 0 Å². The van der Waals surface area contributed by atoms with Gasteiger partial charge in [0, 0.05) is 51.4 Å². The number of hydrogen-bond donors (Lipinski definition) is 4. The number of carbonyl (C=O) groups is 4. The standard InChI is InChI=1S/C35H29N5O4/c36-40(35(44)27-14-10-13-26(22-27)33(42)38-29-17-5-2-6-18-29)31-20-8-7-19-30(23-31)39-34(43)25-12-9-11-24(21-25)32(41)37-28-15-3-1-4-16-28/h1-19,21-23H,20,36H2,(H,37,41)(H,38,42)(H,39,43). The van der Waals surface area contributed by atoms with Crippen LogP contribution < -0.4 is 21.8 Å². The minimum absolute atomic E-state index is 0.225. The molecule has 0 aromatic heterocycles. The van der Waals surface area contributed by atoms with Crippen molar-refractivity contribution in [1.29, 1.82) is 0 Å². The van der Waals surface area contributed by atoms with Crippen LogP contribution in [0.5, 0.6) is 0 Å². The largest absolute Gasteiger partial charge is 0.322 e. The number of rotatable bonds is 8. The van der Waals surface area contributed by atoms with E-state index in [9.17, 15) is 19.2 Å². The van der Waals surface area contributed by atoms with E-state index in [1.165, 1.54) is 12.1 Å². The van der Waals surface area contributed by atoms with Crippen LogP contribution in [0.1, 0.15) is 47.9 Å². The number of nitrogens with one attached hydrogen (secondary N) is 3. The average Bonchev–Trinajstić information content (AvgIpc) is 3.30. The molecule has 0 fully saturated rings. The van der Waals surface area contributed by atoms with Crippen molar-refractivity contribution in [2.75, 3.05) is 10.6 Å². The van der Waals surface area contributed by atoms with Crippen LogP contribution in [0.4, 0.5) is 11.4 Å². The van der Waals surface area contributed by atoms with Gasteiger partial charge in [0.25, 0.3) is 23.6 Å². The SMILES string of the molecule is NN(C(=O)c1cccc(C(=O)Nc2ccccc2)c1)C1=CC(NC(=O)c2cccc(C(=O)Nc3ccccc3)c2)=CC=CC1. The van der Waals surface area contributed by atoms with Crippen molar-refractivity contribution in [1.82, 2.24) is 10.3 Å². The molecular formula is C35H29N5O4. The lowest BCUT2D eigenvalue weighted by Gasteiger charge is -2.20. The van der Waals surface area contributed by atoms with E-state index >= 15 is 0 Å². The Morgan fingerprint density at radius 1 is 0.591 bits per heavy atom. The highest BCUT2D eigenvalue weighted by Crippen LogP contribution is 2.18. The van der Waals surface area contributed by atoms with E-state index in [0.717, 1.165) is 5.01 Å². The highest BCUT2D eigenvalue weighted by Gasteiger charge is 2.20. The molecule has 0 saturated heterocycles. The molecule has 1 aliphatic rings. The van der Waals surface area contributed by atoms with Crippen LogP contribution in [0.25, 0.3) is 0 Å². The first-order valence-corrected chi connectivity index (χ1v) is 13.8. The maximum Gasteiger partial charge on any atom is 0.272 e. The lowest BCUT2D eigenvalue weighted by molar-refractivity contribution is 0.0802. The topological polar surface area (TPSA) is 134 Å². The Morgan fingerprint density at radius 3 is 1.61 bits per heavy atom. The van der Waals surface area contributed by atoms with Gasteiger partial charge < -0.3 is 16.0 Å². The molecule has 4 amide bonds. The molecule has 5 rings (SSSR count). The number of nitrogens with two attached hydrogens (primary N) is 1. The third kappa shape index (κ3) is 7.41. The van der Waals surface area contributed by atoms with E-state index in [2.05, 4.69) is 16.0 Å². The van der Waals surface area contributed by atoms with Gasteiger partial charge in [-0.3, -0.25) is 19.2 Å². The molecule has 0 atom stereocenters. The molecule has 9 heteroatoms. The lowest BCUT2D eigenvalue weighted by atomic mass is 10.1. The minimum Gasteiger partial charge on any atom is -0.322 e. The van der Waals surface area contributed by atoms with Gasteiger partial charge >= 0.3 is 0 Å². The third-order valence-electron chi connectivity index (χ3n) is 6.67. The van der Waals surface area contributed by atoms with Crippen molar-refractivity contribution in [2.45, 2.75) is 6.42 Å². The number of hydrogen-bond acceptors (Lipinski definition) is 5. The highest BCUT2D eigenvalue weighted by molar-refractivity contribution is 6.07. The quantitative estimate of drug-likeness (QED) is 0.121. The molecule has 0 spiro atoms. The van der Waals surface area contributed by atoms with Crippen LogP contribution in [-0.2, 0) is 0 Å². The van der Waals surface area contributed by atoms with Gasteiger partial charge in [-0.25, -0.2) is 10.9 Å². The first-order chi connectivity index (χ1) is 21.4. The Balaban J connectivity index is 1.27. The third-order valence-corrected chi connectivity index (χ3v) is 6.67. The summed E-state index contributed by atoms with van der Waals surface area (Å²) in [6.45, 7) is 0. The van der Waals surface area contributed by atoms with Gasteiger partial charge in [0.2, 0.25) is 0 Å². The molecular weight excluding hydrogens is 554 g/mol. The van der Waals surface area contributed by atoms with Crippen molar-refractivity contribution in [3.63, 3.8) is 0 Å². The number of carbonyl (C=O) groups excluding carboxylic acids is 4. The number of hydrazine groups is 1. The summed E-state index contributed by atoms with van der Waals surface area (Å²) in [4.78, 5) is 51.9. The Morgan fingerprint density at radius 2 is 1.07 bits per heavy atom. The second-order valence-corrected chi connectivity index (χ2v) is 9.82. The van der Waals surface area contributed by atoms with E-state index in [4.69, 9.17) is 5.84 Å².